The molecule has 2 saturated heterocycles. The van der Waals surface area contributed by atoms with Crippen LogP contribution in [0.5, 0.6) is 5.88 Å². The molecule has 2 fully saturated rings. The van der Waals surface area contributed by atoms with Gasteiger partial charge in [-0.1, -0.05) is 0 Å². The molecule has 0 radical (unpaired) electrons. The van der Waals surface area contributed by atoms with E-state index in [0.29, 0.717) is 24.3 Å². The predicted octanol–water partition coefficient (Wildman–Crippen LogP) is 3.67. The molecular weight excluding hydrogens is 386 g/mol. The largest absolute Gasteiger partial charge is 0.481 e. The molecule has 2 aliphatic rings. The average molecular weight is 414 g/mol. The van der Waals surface area contributed by atoms with Crippen LogP contribution < -0.4 is 4.74 Å². The molecule has 29 heavy (non-hydrogen) atoms. The van der Waals surface area contributed by atoms with Crippen LogP contribution in [0, 0.1) is 0 Å². The molecule has 1 amide bonds. The first kappa shape index (κ1) is 21.7. The molecule has 1 unspecified atom stereocenters. The second-order valence-corrected chi connectivity index (χ2v) is 8.46. The number of rotatable bonds is 3. The van der Waals surface area contributed by atoms with Gasteiger partial charge in [0, 0.05) is 25.7 Å². The van der Waals surface area contributed by atoms with Crippen LogP contribution in [0.3, 0.4) is 0 Å². The van der Waals surface area contributed by atoms with Gasteiger partial charge in [-0.3, -0.25) is 0 Å². The summed E-state index contributed by atoms with van der Waals surface area (Å²) in [6.07, 6.45) is 0.300. The Labute approximate surface area is 169 Å². The van der Waals surface area contributed by atoms with Gasteiger partial charge in [0.2, 0.25) is 5.88 Å². The third kappa shape index (κ3) is 4.61. The number of halogens is 2. The number of amides is 1. The molecule has 1 atom stereocenters. The van der Waals surface area contributed by atoms with Crippen LogP contribution in [-0.2, 0) is 20.0 Å². The molecule has 2 aliphatic heterocycles. The van der Waals surface area contributed by atoms with E-state index in [2.05, 4.69) is 4.98 Å². The second-order valence-electron chi connectivity index (χ2n) is 8.46. The first-order valence-corrected chi connectivity index (χ1v) is 9.63. The van der Waals surface area contributed by atoms with Crippen molar-refractivity contribution in [1.29, 1.82) is 0 Å². The smallest absolute Gasteiger partial charge is 0.410 e. The van der Waals surface area contributed by atoms with E-state index < -0.39 is 35.7 Å². The average Bonchev–Trinajstić information content (AvgIpc) is 3.07. The Morgan fingerprint density at radius 1 is 1.31 bits per heavy atom. The van der Waals surface area contributed by atoms with Crippen LogP contribution in [-0.4, -0.2) is 60.9 Å². The lowest BCUT2D eigenvalue weighted by Crippen LogP contribution is -2.49. The highest BCUT2D eigenvalue weighted by Crippen LogP contribution is 2.43. The van der Waals surface area contributed by atoms with Crippen molar-refractivity contribution in [3.05, 3.63) is 23.4 Å². The van der Waals surface area contributed by atoms with Gasteiger partial charge in [0.05, 0.1) is 31.8 Å². The summed E-state index contributed by atoms with van der Waals surface area (Å²) >= 11 is 0. The van der Waals surface area contributed by atoms with Gasteiger partial charge in [0.15, 0.2) is 5.79 Å². The standard InChI is InChI=1S/C20H28F2N2O5/c1-18(2,3)29-17(25)24-7-6-20(21,22)15(12-24)13-10-14(16(26-5)23-11-13)19(4)27-8-9-28-19/h10-11,15H,6-9,12H2,1-5H3. The lowest BCUT2D eigenvalue weighted by Gasteiger charge is -2.39. The number of hydrogen-bond acceptors (Lipinski definition) is 6. The molecule has 3 heterocycles. The summed E-state index contributed by atoms with van der Waals surface area (Å²) < 4.78 is 51.6. The Bertz CT molecular complexity index is 760. The van der Waals surface area contributed by atoms with Crippen LogP contribution in [0.15, 0.2) is 12.3 Å². The Balaban J connectivity index is 1.91. The fourth-order valence-electron chi connectivity index (χ4n) is 3.56. The number of carbonyl (C=O) groups excluding carboxylic acids is 1. The fraction of sp³-hybridized carbons (Fsp3) is 0.700. The molecule has 0 saturated carbocycles. The first-order valence-electron chi connectivity index (χ1n) is 9.63. The van der Waals surface area contributed by atoms with Crippen molar-refractivity contribution in [3.8, 4) is 5.88 Å². The Morgan fingerprint density at radius 2 is 1.97 bits per heavy atom. The van der Waals surface area contributed by atoms with Crippen molar-refractivity contribution in [2.45, 2.75) is 57.3 Å². The van der Waals surface area contributed by atoms with Crippen molar-refractivity contribution in [3.63, 3.8) is 0 Å². The number of nitrogens with zero attached hydrogens (tertiary/aromatic N) is 2. The van der Waals surface area contributed by atoms with Crippen molar-refractivity contribution in [2.75, 3.05) is 33.4 Å². The van der Waals surface area contributed by atoms with E-state index in [0.717, 1.165) is 0 Å². The van der Waals surface area contributed by atoms with Crippen LogP contribution >= 0.6 is 0 Å². The minimum atomic E-state index is -3.00. The molecule has 0 aromatic carbocycles. The van der Waals surface area contributed by atoms with Crippen LogP contribution in [0.2, 0.25) is 0 Å². The molecule has 0 spiro atoms. The molecule has 1 aromatic rings. The SMILES string of the molecule is COc1ncc(C2CN(C(=O)OC(C)(C)C)CCC2(F)F)cc1C1(C)OCCO1. The Hall–Kier alpha value is -2.00. The summed E-state index contributed by atoms with van der Waals surface area (Å²) in [6.45, 7) is 7.45. The molecule has 9 heteroatoms. The quantitative estimate of drug-likeness (QED) is 0.752. The molecule has 0 bridgehead atoms. The van der Waals surface area contributed by atoms with E-state index in [1.165, 1.54) is 18.2 Å². The minimum Gasteiger partial charge on any atom is -0.481 e. The van der Waals surface area contributed by atoms with Gasteiger partial charge in [-0.15, -0.1) is 0 Å². The minimum absolute atomic E-state index is 0.0706. The highest BCUT2D eigenvalue weighted by molar-refractivity contribution is 5.68. The topological polar surface area (TPSA) is 70.1 Å². The maximum atomic E-state index is 14.8. The normalized spacial score (nSPS) is 23.7. The molecule has 7 nitrogen and oxygen atoms in total. The number of alkyl halides is 2. The summed E-state index contributed by atoms with van der Waals surface area (Å²) in [6, 6.07) is 1.58. The van der Waals surface area contributed by atoms with E-state index in [9.17, 15) is 13.6 Å². The van der Waals surface area contributed by atoms with Crippen molar-refractivity contribution < 1.29 is 32.5 Å². The zero-order valence-corrected chi connectivity index (χ0v) is 17.5. The number of ether oxygens (including phenoxy) is 4. The predicted molar refractivity (Wildman–Crippen MR) is 100 cm³/mol. The maximum Gasteiger partial charge on any atom is 0.410 e. The third-order valence-electron chi connectivity index (χ3n) is 5.08. The van der Waals surface area contributed by atoms with E-state index in [4.69, 9.17) is 18.9 Å². The van der Waals surface area contributed by atoms with E-state index in [-0.39, 0.29) is 19.0 Å². The summed E-state index contributed by atoms with van der Waals surface area (Å²) in [5, 5.41) is 0. The maximum absolute atomic E-state index is 14.8. The van der Waals surface area contributed by atoms with Crippen LogP contribution in [0.1, 0.15) is 51.2 Å². The van der Waals surface area contributed by atoms with Gasteiger partial charge in [-0.05, 0) is 39.3 Å². The van der Waals surface area contributed by atoms with E-state index in [1.54, 1.807) is 33.8 Å². The number of hydrogen-bond donors (Lipinski definition) is 0. The summed E-state index contributed by atoms with van der Waals surface area (Å²) in [7, 11) is 1.45. The molecule has 0 aliphatic carbocycles. The van der Waals surface area contributed by atoms with Crippen LogP contribution in [0.25, 0.3) is 0 Å². The monoisotopic (exact) mass is 414 g/mol. The highest BCUT2D eigenvalue weighted by Gasteiger charge is 2.47. The lowest BCUT2D eigenvalue weighted by molar-refractivity contribution is -0.151. The van der Waals surface area contributed by atoms with Gasteiger partial charge in [0.25, 0.3) is 5.92 Å². The van der Waals surface area contributed by atoms with Crippen molar-refractivity contribution >= 4 is 6.09 Å². The van der Waals surface area contributed by atoms with Gasteiger partial charge in [-0.2, -0.15) is 0 Å². The van der Waals surface area contributed by atoms with E-state index >= 15 is 0 Å². The number of aromatic nitrogens is 1. The van der Waals surface area contributed by atoms with Gasteiger partial charge in [-0.25, -0.2) is 18.6 Å². The number of pyridine rings is 1. The number of carbonyl (C=O) groups is 1. The zero-order valence-electron chi connectivity index (χ0n) is 17.5. The summed E-state index contributed by atoms with van der Waals surface area (Å²) in [5.41, 5.74) is 0.0345. The van der Waals surface area contributed by atoms with Crippen LogP contribution in [0.4, 0.5) is 13.6 Å². The first-order chi connectivity index (χ1) is 13.5. The Kier molecular flexibility index (Phi) is 5.75. The van der Waals surface area contributed by atoms with Crippen molar-refractivity contribution in [1.82, 2.24) is 9.88 Å². The fourth-order valence-corrected chi connectivity index (χ4v) is 3.56. The molecular formula is C20H28F2N2O5. The zero-order chi connectivity index (χ0) is 21.4. The summed E-state index contributed by atoms with van der Waals surface area (Å²) in [5.74, 6) is -5.10. The van der Waals surface area contributed by atoms with Gasteiger partial charge < -0.3 is 23.8 Å². The highest BCUT2D eigenvalue weighted by atomic mass is 19.3. The second kappa shape index (κ2) is 7.68. The molecule has 3 rings (SSSR count). The number of methoxy groups -OCH3 is 1. The van der Waals surface area contributed by atoms with E-state index in [1.807, 2.05) is 0 Å². The van der Waals surface area contributed by atoms with Gasteiger partial charge >= 0.3 is 6.09 Å². The number of likely N-dealkylation sites (tertiary alicyclic amines) is 1. The molecule has 1 aromatic heterocycles. The molecule has 162 valence electrons. The summed E-state index contributed by atoms with van der Waals surface area (Å²) in [4.78, 5) is 17.9. The third-order valence-corrected chi connectivity index (χ3v) is 5.08. The Morgan fingerprint density at radius 3 is 2.55 bits per heavy atom. The number of piperidine rings is 1. The van der Waals surface area contributed by atoms with Crippen molar-refractivity contribution in [2.24, 2.45) is 0 Å². The molecule has 0 N–H and O–H groups in total. The lowest BCUT2D eigenvalue weighted by atomic mass is 9.87. The van der Waals surface area contributed by atoms with Gasteiger partial charge in [0.1, 0.15) is 5.60 Å².